The van der Waals surface area contributed by atoms with Crippen LogP contribution in [0, 0.1) is 11.3 Å². The van der Waals surface area contributed by atoms with Gasteiger partial charge in [-0.05, 0) is 18.1 Å². The topological polar surface area (TPSA) is 67.6 Å². The fourth-order valence-corrected chi connectivity index (χ4v) is 2.81. The molecule has 1 atom stereocenters. The summed E-state index contributed by atoms with van der Waals surface area (Å²) in [6.45, 7) is 4.87. The van der Waals surface area contributed by atoms with Crippen LogP contribution in [0.15, 0.2) is 24.3 Å². The van der Waals surface area contributed by atoms with Gasteiger partial charge in [0.05, 0.1) is 17.7 Å². The summed E-state index contributed by atoms with van der Waals surface area (Å²) in [6, 6.07) is 9.72. The second-order valence-corrected chi connectivity index (χ2v) is 5.75. The lowest BCUT2D eigenvalue weighted by Gasteiger charge is -2.22. The van der Waals surface area contributed by atoms with E-state index in [9.17, 15) is 9.90 Å². The fraction of sp³-hybridized carbons (Fsp3) is 0.529. The molecule has 0 aromatic heterocycles. The summed E-state index contributed by atoms with van der Waals surface area (Å²) in [5.74, 6) is 0.112. The summed E-state index contributed by atoms with van der Waals surface area (Å²) in [5.41, 5.74) is 1.63. The summed E-state index contributed by atoms with van der Waals surface area (Å²) >= 11 is 0. The Morgan fingerprint density at radius 1 is 1.36 bits per heavy atom. The summed E-state index contributed by atoms with van der Waals surface area (Å²) in [4.78, 5) is 15.9. The second-order valence-electron chi connectivity index (χ2n) is 5.75. The first-order chi connectivity index (χ1) is 10.6. The lowest BCUT2D eigenvalue weighted by molar-refractivity contribution is -0.132. The summed E-state index contributed by atoms with van der Waals surface area (Å²) in [5, 5.41) is 19.3. The Morgan fingerprint density at radius 3 is 2.86 bits per heavy atom. The Bertz CT molecular complexity index is 553. The molecule has 1 amide bonds. The minimum atomic E-state index is -0.544. The molecule has 5 nitrogen and oxygen atoms in total. The Kier molecular flexibility index (Phi) is 5.93. The lowest BCUT2D eigenvalue weighted by atomic mass is 10.1. The zero-order valence-electron chi connectivity index (χ0n) is 13.0. The number of aliphatic hydroxyl groups is 1. The standard InChI is InChI=1S/C17H23N3O2/c1-2-5-17(22)20-9-8-19(12-16(21)13-20)11-15-7-4-3-6-14(15)10-18/h3-4,6-7,16,21H,2,5,8-9,11-13H2,1H3. The van der Waals surface area contributed by atoms with E-state index in [-0.39, 0.29) is 5.91 Å². The predicted molar refractivity (Wildman–Crippen MR) is 83.9 cm³/mol. The molecule has 1 aliphatic rings. The minimum absolute atomic E-state index is 0.112. The number of nitrogens with zero attached hydrogens (tertiary/aromatic N) is 3. The van der Waals surface area contributed by atoms with E-state index < -0.39 is 6.10 Å². The Balaban J connectivity index is 2.02. The zero-order valence-corrected chi connectivity index (χ0v) is 13.0. The van der Waals surface area contributed by atoms with Gasteiger partial charge in [0.2, 0.25) is 5.91 Å². The van der Waals surface area contributed by atoms with Crippen molar-refractivity contribution in [3.05, 3.63) is 35.4 Å². The number of carbonyl (C=O) groups excluding carboxylic acids is 1. The van der Waals surface area contributed by atoms with Crippen molar-refractivity contribution < 1.29 is 9.90 Å². The van der Waals surface area contributed by atoms with Crippen LogP contribution in [-0.2, 0) is 11.3 Å². The molecule has 1 heterocycles. The molecule has 0 aliphatic carbocycles. The largest absolute Gasteiger partial charge is 0.390 e. The van der Waals surface area contributed by atoms with Crippen LogP contribution in [0.25, 0.3) is 0 Å². The minimum Gasteiger partial charge on any atom is -0.390 e. The molecular weight excluding hydrogens is 278 g/mol. The maximum atomic E-state index is 12.0. The fourth-order valence-electron chi connectivity index (χ4n) is 2.81. The van der Waals surface area contributed by atoms with Gasteiger partial charge in [0.1, 0.15) is 0 Å². The zero-order chi connectivity index (χ0) is 15.9. The second kappa shape index (κ2) is 7.92. The third kappa shape index (κ3) is 4.30. The van der Waals surface area contributed by atoms with Crippen molar-refractivity contribution in [2.75, 3.05) is 26.2 Å². The van der Waals surface area contributed by atoms with Gasteiger partial charge in [0, 0.05) is 39.1 Å². The van der Waals surface area contributed by atoms with Gasteiger partial charge in [-0.1, -0.05) is 25.1 Å². The van der Waals surface area contributed by atoms with Gasteiger partial charge in [0.25, 0.3) is 0 Å². The monoisotopic (exact) mass is 301 g/mol. The molecular formula is C17H23N3O2. The molecule has 1 aliphatic heterocycles. The van der Waals surface area contributed by atoms with Crippen LogP contribution in [0.1, 0.15) is 30.9 Å². The first-order valence-corrected chi connectivity index (χ1v) is 7.80. The SMILES string of the molecule is CCCC(=O)N1CCN(Cc2ccccc2C#N)CC(O)C1. The average molecular weight is 301 g/mol. The number of aliphatic hydroxyl groups excluding tert-OH is 1. The molecule has 1 unspecified atom stereocenters. The molecule has 2 rings (SSSR count). The molecule has 0 spiro atoms. The molecule has 1 aromatic rings. The van der Waals surface area contributed by atoms with Crippen molar-refractivity contribution in [3.63, 3.8) is 0 Å². The molecule has 0 bridgehead atoms. The van der Waals surface area contributed by atoms with Gasteiger partial charge in [-0.2, -0.15) is 5.26 Å². The van der Waals surface area contributed by atoms with Crippen LogP contribution in [0.4, 0.5) is 0 Å². The lowest BCUT2D eigenvalue weighted by Crippen LogP contribution is -2.37. The first-order valence-electron chi connectivity index (χ1n) is 7.80. The normalized spacial score (nSPS) is 19.5. The van der Waals surface area contributed by atoms with Crippen molar-refractivity contribution in [2.45, 2.75) is 32.4 Å². The van der Waals surface area contributed by atoms with Crippen LogP contribution in [0.5, 0.6) is 0 Å². The molecule has 0 radical (unpaired) electrons. The summed E-state index contributed by atoms with van der Waals surface area (Å²) < 4.78 is 0. The number of hydrogen-bond donors (Lipinski definition) is 1. The third-order valence-corrected chi connectivity index (χ3v) is 3.93. The van der Waals surface area contributed by atoms with Crippen LogP contribution in [-0.4, -0.2) is 53.1 Å². The smallest absolute Gasteiger partial charge is 0.222 e. The van der Waals surface area contributed by atoms with Crippen molar-refractivity contribution >= 4 is 5.91 Å². The highest BCUT2D eigenvalue weighted by atomic mass is 16.3. The number of carbonyl (C=O) groups is 1. The van der Waals surface area contributed by atoms with Crippen molar-refractivity contribution in [1.29, 1.82) is 5.26 Å². The van der Waals surface area contributed by atoms with Gasteiger partial charge in [-0.25, -0.2) is 0 Å². The molecule has 5 heteroatoms. The molecule has 1 saturated heterocycles. The number of rotatable bonds is 4. The van der Waals surface area contributed by atoms with Crippen LogP contribution in [0.3, 0.4) is 0 Å². The predicted octanol–water partition coefficient (Wildman–Crippen LogP) is 1.36. The number of amides is 1. The van der Waals surface area contributed by atoms with Gasteiger partial charge < -0.3 is 10.0 Å². The Labute approximate surface area is 131 Å². The van der Waals surface area contributed by atoms with Gasteiger partial charge in [-0.3, -0.25) is 9.69 Å². The van der Waals surface area contributed by atoms with Crippen LogP contribution < -0.4 is 0 Å². The van der Waals surface area contributed by atoms with E-state index in [1.165, 1.54) is 0 Å². The number of β-amino-alcohol motifs (C(OH)–C–C–N with tert-alkyl or cyclic N) is 1. The molecule has 1 fully saturated rings. The van der Waals surface area contributed by atoms with E-state index in [1.54, 1.807) is 11.0 Å². The molecule has 1 aromatic carbocycles. The highest BCUT2D eigenvalue weighted by molar-refractivity contribution is 5.76. The Hall–Kier alpha value is -1.90. The van der Waals surface area contributed by atoms with Crippen molar-refractivity contribution in [3.8, 4) is 6.07 Å². The average Bonchev–Trinajstić information content (AvgIpc) is 2.69. The van der Waals surface area contributed by atoms with E-state index in [2.05, 4.69) is 11.0 Å². The summed E-state index contributed by atoms with van der Waals surface area (Å²) in [7, 11) is 0. The maximum Gasteiger partial charge on any atom is 0.222 e. The molecule has 0 saturated carbocycles. The molecule has 22 heavy (non-hydrogen) atoms. The van der Waals surface area contributed by atoms with E-state index in [4.69, 9.17) is 5.26 Å². The van der Waals surface area contributed by atoms with E-state index in [1.807, 2.05) is 25.1 Å². The summed E-state index contributed by atoms with van der Waals surface area (Å²) in [6.07, 6.45) is 0.812. The van der Waals surface area contributed by atoms with Gasteiger partial charge >= 0.3 is 0 Å². The third-order valence-electron chi connectivity index (χ3n) is 3.93. The van der Waals surface area contributed by atoms with E-state index in [0.29, 0.717) is 44.7 Å². The van der Waals surface area contributed by atoms with Gasteiger partial charge in [-0.15, -0.1) is 0 Å². The Morgan fingerprint density at radius 2 is 2.14 bits per heavy atom. The highest BCUT2D eigenvalue weighted by Crippen LogP contribution is 2.14. The molecule has 1 N–H and O–H groups in total. The first kappa shape index (κ1) is 16.5. The van der Waals surface area contributed by atoms with Crippen LogP contribution in [0.2, 0.25) is 0 Å². The number of nitriles is 1. The number of hydrogen-bond acceptors (Lipinski definition) is 4. The van der Waals surface area contributed by atoms with Crippen molar-refractivity contribution in [1.82, 2.24) is 9.80 Å². The quantitative estimate of drug-likeness (QED) is 0.912. The maximum absolute atomic E-state index is 12.0. The highest BCUT2D eigenvalue weighted by Gasteiger charge is 2.24. The van der Waals surface area contributed by atoms with Crippen molar-refractivity contribution in [2.24, 2.45) is 0 Å². The van der Waals surface area contributed by atoms with E-state index >= 15 is 0 Å². The van der Waals surface area contributed by atoms with Crippen LogP contribution >= 0.6 is 0 Å². The van der Waals surface area contributed by atoms with E-state index in [0.717, 1.165) is 12.0 Å². The molecule has 118 valence electrons. The number of benzene rings is 1. The van der Waals surface area contributed by atoms with Gasteiger partial charge in [0.15, 0.2) is 0 Å².